The van der Waals surface area contributed by atoms with Gasteiger partial charge in [0.1, 0.15) is 0 Å². The summed E-state index contributed by atoms with van der Waals surface area (Å²) >= 11 is 1.75. The minimum atomic E-state index is 0.164. The highest BCUT2D eigenvalue weighted by atomic mass is 32.1. The number of nitrogens with one attached hydrogen (secondary N) is 2. The van der Waals surface area contributed by atoms with Crippen molar-refractivity contribution in [2.75, 3.05) is 65.3 Å². The van der Waals surface area contributed by atoms with Gasteiger partial charge < -0.3 is 15.1 Å². The first kappa shape index (κ1) is 17.7. The third kappa shape index (κ3) is 3.57. The zero-order chi connectivity index (χ0) is 18.1. The summed E-state index contributed by atoms with van der Waals surface area (Å²) in [5.41, 5.74) is 2.13. The number of likely N-dealkylation sites (N-methyl/N-ethyl adjacent to an activating group) is 1. The van der Waals surface area contributed by atoms with Gasteiger partial charge in [0, 0.05) is 61.6 Å². The van der Waals surface area contributed by atoms with Gasteiger partial charge in [-0.1, -0.05) is 6.07 Å². The molecular formula is C19H27N5OS. The van der Waals surface area contributed by atoms with Gasteiger partial charge in [0.2, 0.25) is 0 Å². The summed E-state index contributed by atoms with van der Waals surface area (Å²) < 4.78 is 1.20. The lowest BCUT2D eigenvalue weighted by atomic mass is 10.1. The molecule has 6 nitrogen and oxygen atoms in total. The van der Waals surface area contributed by atoms with Crippen LogP contribution in [-0.4, -0.2) is 80.6 Å². The van der Waals surface area contributed by atoms with Crippen LogP contribution in [0.5, 0.6) is 0 Å². The molecule has 3 heterocycles. The van der Waals surface area contributed by atoms with E-state index >= 15 is 0 Å². The number of benzene rings is 1. The highest BCUT2D eigenvalue weighted by molar-refractivity contribution is 7.23. The van der Waals surface area contributed by atoms with E-state index in [1.165, 1.54) is 20.7 Å². The predicted octanol–water partition coefficient (Wildman–Crippen LogP) is 1.69. The Morgan fingerprint density at radius 2 is 2.04 bits per heavy atom. The molecule has 0 unspecified atom stereocenters. The molecule has 7 heteroatoms. The molecule has 2 aromatic rings. The maximum Gasteiger partial charge on any atom is 0.253 e. The van der Waals surface area contributed by atoms with Crippen molar-refractivity contribution in [3.05, 3.63) is 29.3 Å². The first-order valence-corrected chi connectivity index (χ1v) is 10.1. The van der Waals surface area contributed by atoms with Gasteiger partial charge in [-0.3, -0.25) is 15.0 Å². The lowest BCUT2D eigenvalue weighted by molar-refractivity contribution is 0.0630. The SMILES string of the molecule is CN(C)CCN1CCN(C(=O)c2ccc3c4c(sc3c2)NCNC4)CC1. The van der Waals surface area contributed by atoms with E-state index in [0.29, 0.717) is 0 Å². The fourth-order valence-electron chi connectivity index (χ4n) is 3.63. The third-order valence-corrected chi connectivity index (χ3v) is 6.39. The van der Waals surface area contributed by atoms with Crippen LogP contribution in [0.2, 0.25) is 0 Å². The third-order valence-electron chi connectivity index (χ3n) is 5.24. The van der Waals surface area contributed by atoms with Gasteiger partial charge in [-0.2, -0.15) is 0 Å². The van der Waals surface area contributed by atoms with Crippen molar-refractivity contribution in [1.29, 1.82) is 0 Å². The van der Waals surface area contributed by atoms with E-state index in [0.717, 1.165) is 58.0 Å². The fraction of sp³-hybridized carbons (Fsp3) is 0.526. The number of piperazine rings is 1. The summed E-state index contributed by atoms with van der Waals surface area (Å²) in [4.78, 5) is 19.6. The molecular weight excluding hydrogens is 346 g/mol. The maximum absolute atomic E-state index is 12.9. The summed E-state index contributed by atoms with van der Waals surface area (Å²) in [5, 5.41) is 9.23. The van der Waals surface area contributed by atoms with Crippen LogP contribution in [0.3, 0.4) is 0 Å². The number of carbonyl (C=O) groups excluding carboxylic acids is 1. The molecule has 2 aliphatic heterocycles. The number of thiophene rings is 1. The Bertz CT molecular complexity index is 795. The number of carbonyl (C=O) groups is 1. The van der Waals surface area contributed by atoms with Crippen molar-refractivity contribution >= 4 is 32.3 Å². The second-order valence-corrected chi connectivity index (χ2v) is 8.39. The largest absolute Gasteiger partial charge is 0.364 e. The smallest absolute Gasteiger partial charge is 0.253 e. The standard InChI is InChI=1S/C19H27N5OS/c1-22(2)5-6-23-7-9-24(10-8-23)19(25)14-3-4-15-16-12-20-13-21-18(16)26-17(15)11-14/h3-4,11,20-21H,5-10,12-13H2,1-2H3. The molecule has 2 N–H and O–H groups in total. The molecule has 0 saturated carbocycles. The number of hydrogen-bond acceptors (Lipinski definition) is 6. The lowest BCUT2D eigenvalue weighted by Gasteiger charge is -2.35. The van der Waals surface area contributed by atoms with Crippen LogP contribution in [0.1, 0.15) is 15.9 Å². The summed E-state index contributed by atoms with van der Waals surface area (Å²) in [6.45, 7) is 7.40. The first-order chi connectivity index (χ1) is 12.6. The number of anilines is 1. The minimum Gasteiger partial charge on any atom is -0.364 e. The zero-order valence-corrected chi connectivity index (χ0v) is 16.4. The molecule has 1 aromatic heterocycles. The van der Waals surface area contributed by atoms with Crippen LogP contribution in [0.15, 0.2) is 18.2 Å². The fourth-order valence-corrected chi connectivity index (χ4v) is 4.79. The van der Waals surface area contributed by atoms with Gasteiger partial charge in [0.15, 0.2) is 0 Å². The van der Waals surface area contributed by atoms with Gasteiger partial charge in [0.05, 0.1) is 11.7 Å². The number of fused-ring (bicyclic) bond motifs is 3. The Hall–Kier alpha value is -1.67. The Morgan fingerprint density at radius 1 is 1.23 bits per heavy atom. The maximum atomic E-state index is 12.9. The van der Waals surface area contributed by atoms with Gasteiger partial charge in [0.25, 0.3) is 5.91 Å². The molecule has 0 spiro atoms. The summed E-state index contributed by atoms with van der Waals surface area (Å²) in [5.74, 6) is 0.164. The average molecular weight is 374 g/mol. The Labute approximate surface area is 158 Å². The van der Waals surface area contributed by atoms with E-state index in [9.17, 15) is 4.79 Å². The molecule has 2 aliphatic rings. The Balaban J connectivity index is 1.44. The van der Waals surface area contributed by atoms with Gasteiger partial charge in [-0.25, -0.2) is 0 Å². The van der Waals surface area contributed by atoms with Crippen LogP contribution in [-0.2, 0) is 6.54 Å². The number of amides is 1. The zero-order valence-electron chi connectivity index (χ0n) is 15.5. The van der Waals surface area contributed by atoms with Crippen molar-refractivity contribution in [3.63, 3.8) is 0 Å². The monoisotopic (exact) mass is 373 g/mol. The van der Waals surface area contributed by atoms with Crippen molar-refractivity contribution in [3.8, 4) is 0 Å². The van der Waals surface area contributed by atoms with Crippen LogP contribution in [0, 0.1) is 0 Å². The van der Waals surface area contributed by atoms with Crippen molar-refractivity contribution in [2.24, 2.45) is 0 Å². The van der Waals surface area contributed by atoms with Crippen molar-refractivity contribution < 1.29 is 4.79 Å². The van der Waals surface area contributed by atoms with Crippen LogP contribution < -0.4 is 10.6 Å². The van der Waals surface area contributed by atoms with Crippen molar-refractivity contribution in [1.82, 2.24) is 20.0 Å². The quantitative estimate of drug-likeness (QED) is 0.854. The average Bonchev–Trinajstić information content (AvgIpc) is 3.04. The van der Waals surface area contributed by atoms with Crippen LogP contribution >= 0.6 is 11.3 Å². The molecule has 0 bridgehead atoms. The highest BCUT2D eigenvalue weighted by Gasteiger charge is 2.23. The molecule has 1 aromatic carbocycles. The van der Waals surface area contributed by atoms with E-state index in [-0.39, 0.29) is 5.91 Å². The van der Waals surface area contributed by atoms with E-state index in [1.54, 1.807) is 11.3 Å². The molecule has 4 rings (SSSR count). The normalized spacial score (nSPS) is 18.2. The number of nitrogens with zero attached hydrogens (tertiary/aromatic N) is 3. The van der Waals surface area contributed by atoms with Gasteiger partial charge >= 0.3 is 0 Å². The summed E-state index contributed by atoms with van der Waals surface area (Å²) in [7, 11) is 4.20. The molecule has 0 aliphatic carbocycles. The lowest BCUT2D eigenvalue weighted by Crippen LogP contribution is -2.49. The minimum absolute atomic E-state index is 0.164. The molecule has 1 saturated heterocycles. The molecule has 1 fully saturated rings. The second kappa shape index (κ2) is 7.52. The molecule has 0 atom stereocenters. The van der Waals surface area contributed by atoms with E-state index in [4.69, 9.17) is 0 Å². The molecule has 0 radical (unpaired) electrons. The number of hydrogen-bond donors (Lipinski definition) is 2. The molecule has 26 heavy (non-hydrogen) atoms. The van der Waals surface area contributed by atoms with Crippen LogP contribution in [0.4, 0.5) is 5.00 Å². The summed E-state index contributed by atoms with van der Waals surface area (Å²) in [6.07, 6.45) is 0. The van der Waals surface area contributed by atoms with Crippen LogP contribution in [0.25, 0.3) is 10.1 Å². The first-order valence-electron chi connectivity index (χ1n) is 9.28. The Kier molecular flexibility index (Phi) is 5.13. The van der Waals surface area contributed by atoms with E-state index < -0.39 is 0 Å². The number of rotatable bonds is 4. The van der Waals surface area contributed by atoms with Gasteiger partial charge in [-0.15, -0.1) is 11.3 Å². The predicted molar refractivity (Wildman–Crippen MR) is 108 cm³/mol. The van der Waals surface area contributed by atoms with Crippen molar-refractivity contribution in [2.45, 2.75) is 6.54 Å². The molecule has 1 amide bonds. The second-order valence-electron chi connectivity index (χ2n) is 7.34. The Morgan fingerprint density at radius 3 is 2.81 bits per heavy atom. The van der Waals surface area contributed by atoms with E-state index in [2.05, 4.69) is 46.7 Å². The van der Waals surface area contributed by atoms with Gasteiger partial charge in [-0.05, 0) is 31.6 Å². The topological polar surface area (TPSA) is 50.9 Å². The molecule has 140 valence electrons. The highest BCUT2D eigenvalue weighted by Crippen LogP contribution is 2.37. The summed E-state index contributed by atoms with van der Waals surface area (Å²) in [6, 6.07) is 6.17. The van der Waals surface area contributed by atoms with E-state index in [1.807, 2.05) is 11.0 Å².